The normalized spacial score (nSPS) is 15.2. The summed E-state index contributed by atoms with van der Waals surface area (Å²) in [5.41, 5.74) is 1.19. The van der Waals surface area contributed by atoms with Crippen LogP contribution in [0.5, 0.6) is 0 Å². The topological polar surface area (TPSA) is 78.1 Å². The molecular formula is C18H19ClN4O2. The van der Waals surface area contributed by atoms with Crippen LogP contribution in [0, 0.1) is 11.3 Å². The highest BCUT2D eigenvalue weighted by Crippen LogP contribution is 2.27. The Morgan fingerprint density at radius 2 is 2.04 bits per heavy atom. The van der Waals surface area contributed by atoms with Crippen molar-refractivity contribution in [3.63, 3.8) is 0 Å². The molecule has 1 aromatic heterocycles. The Labute approximate surface area is 150 Å². The van der Waals surface area contributed by atoms with Crippen LogP contribution in [0.4, 0.5) is 5.69 Å². The van der Waals surface area contributed by atoms with Gasteiger partial charge in [0.15, 0.2) is 0 Å². The second kappa shape index (κ2) is 7.16. The lowest BCUT2D eigenvalue weighted by molar-refractivity contribution is -0.129. The zero-order valence-electron chi connectivity index (χ0n) is 14.0. The van der Waals surface area contributed by atoms with E-state index in [1.807, 2.05) is 30.3 Å². The Bertz CT molecular complexity index is 908. The third-order valence-electron chi connectivity index (χ3n) is 4.73. The molecule has 1 aromatic carbocycles. The second-order valence-electron chi connectivity index (χ2n) is 6.18. The molecule has 0 saturated carbocycles. The highest BCUT2D eigenvalue weighted by atomic mass is 35.5. The lowest BCUT2D eigenvalue weighted by atomic mass is 10.0. The van der Waals surface area contributed by atoms with Crippen LogP contribution in [0.15, 0.2) is 29.1 Å². The Balaban J connectivity index is 1.92. The molecule has 2 aromatic rings. The number of alkyl halides is 1. The van der Waals surface area contributed by atoms with Crippen LogP contribution in [-0.2, 0) is 11.8 Å². The van der Waals surface area contributed by atoms with Crippen molar-refractivity contribution in [1.29, 1.82) is 5.26 Å². The van der Waals surface area contributed by atoms with Crippen molar-refractivity contribution in [1.82, 2.24) is 9.47 Å². The lowest BCUT2D eigenvalue weighted by Gasteiger charge is -2.33. The van der Waals surface area contributed by atoms with Gasteiger partial charge in [-0.3, -0.25) is 9.59 Å². The molecule has 1 fully saturated rings. The van der Waals surface area contributed by atoms with Crippen LogP contribution in [0.25, 0.3) is 10.9 Å². The molecule has 1 aliphatic heterocycles. The zero-order chi connectivity index (χ0) is 18.0. The number of piperidine rings is 1. The van der Waals surface area contributed by atoms with Gasteiger partial charge in [0.2, 0.25) is 5.91 Å². The van der Waals surface area contributed by atoms with E-state index in [0.29, 0.717) is 18.8 Å². The number of carbonyl (C=O) groups excluding carboxylic acids is 1. The number of halogens is 1. The second-order valence-corrected chi connectivity index (χ2v) is 6.44. The molecule has 0 atom stereocenters. The molecule has 7 heteroatoms. The molecule has 0 aliphatic carbocycles. The number of hydrogen-bond donors (Lipinski definition) is 1. The fraction of sp³-hybridized carbons (Fsp3) is 0.389. The summed E-state index contributed by atoms with van der Waals surface area (Å²) in [4.78, 5) is 25.9. The van der Waals surface area contributed by atoms with Gasteiger partial charge in [-0.1, -0.05) is 18.2 Å². The number of aryl methyl sites for hydroxylation is 1. The summed E-state index contributed by atoms with van der Waals surface area (Å²) in [6.45, 7) is 1.24. The molecule has 2 heterocycles. The van der Waals surface area contributed by atoms with Crippen LogP contribution in [0.3, 0.4) is 0 Å². The van der Waals surface area contributed by atoms with Crippen molar-refractivity contribution in [3.8, 4) is 6.07 Å². The van der Waals surface area contributed by atoms with Crippen molar-refractivity contribution in [2.45, 2.75) is 18.9 Å². The summed E-state index contributed by atoms with van der Waals surface area (Å²) in [5, 5.41) is 13.7. The maximum atomic E-state index is 12.5. The molecule has 6 nitrogen and oxygen atoms in total. The standard InChI is InChI=1S/C18H19ClN4O2/c1-22-15-5-3-2-4-13(15)17(14(11-20)18(22)25)21-12-6-8-23(9-7-12)16(24)10-19/h2-5,12,21H,6-10H2,1H3. The number of carbonyl (C=O) groups is 1. The van der Waals surface area contributed by atoms with E-state index in [1.54, 1.807) is 11.9 Å². The van der Waals surface area contributed by atoms with Crippen LogP contribution in [-0.4, -0.2) is 40.4 Å². The van der Waals surface area contributed by atoms with Gasteiger partial charge in [0.1, 0.15) is 17.5 Å². The molecule has 130 valence electrons. The first-order valence-electron chi connectivity index (χ1n) is 8.19. The fourth-order valence-electron chi connectivity index (χ4n) is 3.31. The summed E-state index contributed by atoms with van der Waals surface area (Å²) < 4.78 is 1.50. The van der Waals surface area contributed by atoms with E-state index in [9.17, 15) is 14.9 Å². The largest absolute Gasteiger partial charge is 0.380 e. The predicted octanol–water partition coefficient (Wildman–Crippen LogP) is 2.05. The first-order chi connectivity index (χ1) is 12.1. The van der Waals surface area contributed by atoms with E-state index in [2.05, 4.69) is 5.32 Å². The van der Waals surface area contributed by atoms with Crippen LogP contribution in [0.1, 0.15) is 18.4 Å². The van der Waals surface area contributed by atoms with E-state index in [0.717, 1.165) is 23.7 Å². The summed E-state index contributed by atoms with van der Waals surface area (Å²) in [7, 11) is 1.67. The van der Waals surface area contributed by atoms with Crippen LogP contribution < -0.4 is 10.9 Å². The number of nitrogens with one attached hydrogen (secondary N) is 1. The average Bonchev–Trinajstić information content (AvgIpc) is 2.66. The van der Waals surface area contributed by atoms with Gasteiger partial charge in [-0.05, 0) is 18.9 Å². The third-order valence-corrected chi connectivity index (χ3v) is 4.95. The Morgan fingerprint density at radius 1 is 1.36 bits per heavy atom. The summed E-state index contributed by atoms with van der Waals surface area (Å²) in [6, 6.07) is 9.68. The first kappa shape index (κ1) is 17.3. The van der Waals surface area contributed by atoms with Crippen molar-refractivity contribution >= 4 is 34.1 Å². The molecule has 0 radical (unpaired) electrons. The van der Waals surface area contributed by atoms with E-state index in [-0.39, 0.29) is 29.0 Å². The van der Waals surface area contributed by atoms with Gasteiger partial charge < -0.3 is 14.8 Å². The molecule has 1 aliphatic rings. The number of para-hydroxylation sites is 1. The first-order valence-corrected chi connectivity index (χ1v) is 8.72. The number of benzene rings is 1. The van der Waals surface area contributed by atoms with Crippen molar-refractivity contribution in [2.75, 3.05) is 24.3 Å². The minimum Gasteiger partial charge on any atom is -0.380 e. The molecule has 0 unspecified atom stereocenters. The molecule has 3 rings (SSSR count). The molecule has 1 N–H and O–H groups in total. The smallest absolute Gasteiger partial charge is 0.270 e. The van der Waals surface area contributed by atoms with Gasteiger partial charge in [0.25, 0.3) is 5.56 Å². The maximum absolute atomic E-state index is 12.5. The van der Waals surface area contributed by atoms with Gasteiger partial charge in [0, 0.05) is 31.6 Å². The number of amides is 1. The Kier molecular flexibility index (Phi) is 4.95. The number of anilines is 1. The van der Waals surface area contributed by atoms with Crippen molar-refractivity contribution in [2.24, 2.45) is 7.05 Å². The monoisotopic (exact) mass is 358 g/mol. The molecule has 25 heavy (non-hydrogen) atoms. The summed E-state index contributed by atoms with van der Waals surface area (Å²) >= 11 is 5.61. The number of hydrogen-bond acceptors (Lipinski definition) is 4. The van der Waals surface area contributed by atoms with Crippen molar-refractivity contribution < 1.29 is 4.79 Å². The van der Waals surface area contributed by atoms with E-state index >= 15 is 0 Å². The number of rotatable bonds is 3. The molecule has 0 spiro atoms. The maximum Gasteiger partial charge on any atom is 0.270 e. The average molecular weight is 359 g/mol. The zero-order valence-corrected chi connectivity index (χ0v) is 14.7. The number of aromatic nitrogens is 1. The number of pyridine rings is 1. The minimum atomic E-state index is -0.307. The molecule has 1 amide bonds. The number of fused-ring (bicyclic) bond motifs is 1. The van der Waals surface area contributed by atoms with Crippen LogP contribution >= 0.6 is 11.6 Å². The van der Waals surface area contributed by atoms with Gasteiger partial charge in [0.05, 0.1) is 11.2 Å². The number of nitrogens with zero attached hydrogens (tertiary/aromatic N) is 3. The van der Waals surface area contributed by atoms with E-state index in [1.165, 1.54) is 4.57 Å². The quantitative estimate of drug-likeness (QED) is 0.852. The van der Waals surface area contributed by atoms with Gasteiger partial charge in [-0.25, -0.2) is 0 Å². The lowest BCUT2D eigenvalue weighted by Crippen LogP contribution is -2.43. The van der Waals surface area contributed by atoms with Gasteiger partial charge >= 0.3 is 0 Å². The van der Waals surface area contributed by atoms with Crippen LogP contribution in [0.2, 0.25) is 0 Å². The molecular weight excluding hydrogens is 340 g/mol. The fourth-order valence-corrected chi connectivity index (χ4v) is 3.48. The minimum absolute atomic E-state index is 0.00393. The van der Waals surface area contributed by atoms with Gasteiger partial charge in [-0.15, -0.1) is 11.6 Å². The molecule has 0 bridgehead atoms. The summed E-state index contributed by atoms with van der Waals surface area (Å²) in [5.74, 6) is -0.0624. The SMILES string of the molecule is Cn1c(=O)c(C#N)c(NC2CCN(C(=O)CCl)CC2)c2ccccc21. The molecule has 1 saturated heterocycles. The number of likely N-dealkylation sites (tertiary alicyclic amines) is 1. The third kappa shape index (κ3) is 3.20. The van der Waals surface area contributed by atoms with Crippen molar-refractivity contribution in [3.05, 3.63) is 40.2 Å². The highest BCUT2D eigenvalue weighted by Gasteiger charge is 2.24. The Morgan fingerprint density at radius 3 is 2.68 bits per heavy atom. The van der Waals surface area contributed by atoms with E-state index < -0.39 is 0 Å². The van der Waals surface area contributed by atoms with E-state index in [4.69, 9.17) is 11.6 Å². The van der Waals surface area contributed by atoms with Gasteiger partial charge in [-0.2, -0.15) is 5.26 Å². The summed E-state index contributed by atoms with van der Waals surface area (Å²) in [6.07, 6.45) is 1.49. The predicted molar refractivity (Wildman–Crippen MR) is 97.8 cm³/mol. The highest BCUT2D eigenvalue weighted by molar-refractivity contribution is 6.27. The Hall–Kier alpha value is -2.52. The number of nitriles is 1.